The first kappa shape index (κ1) is 18.2. The minimum absolute atomic E-state index is 0.0522. The fraction of sp³-hybridized carbons (Fsp3) is 0.474. The molecule has 1 amide bonds. The number of aryl methyl sites for hydroxylation is 2. The first-order valence-electron chi connectivity index (χ1n) is 8.40. The number of aromatic nitrogens is 2. The Kier molecular flexibility index (Phi) is 5.78. The smallest absolute Gasteiger partial charge is 0.221 e. The Morgan fingerprint density at radius 1 is 1.29 bits per heavy atom. The van der Waals surface area contributed by atoms with Gasteiger partial charge in [0.25, 0.3) is 0 Å². The molecule has 2 N–H and O–H groups in total. The van der Waals surface area contributed by atoms with Crippen molar-refractivity contribution in [1.29, 1.82) is 0 Å². The summed E-state index contributed by atoms with van der Waals surface area (Å²) in [5, 5.41) is 11.0. The summed E-state index contributed by atoms with van der Waals surface area (Å²) in [6.07, 6.45) is 0.946. The van der Waals surface area contributed by atoms with Crippen LogP contribution in [0.25, 0.3) is 0 Å². The fourth-order valence-electron chi connectivity index (χ4n) is 3.09. The van der Waals surface area contributed by atoms with E-state index in [1.807, 2.05) is 29.9 Å². The van der Waals surface area contributed by atoms with Crippen molar-refractivity contribution >= 4 is 11.6 Å². The van der Waals surface area contributed by atoms with Gasteiger partial charge in [-0.15, -0.1) is 0 Å². The van der Waals surface area contributed by atoms with Crippen molar-refractivity contribution in [3.63, 3.8) is 0 Å². The molecule has 2 rings (SSSR count). The zero-order valence-corrected chi connectivity index (χ0v) is 15.5. The molecular weight excluding hydrogens is 300 g/mol. The average Bonchev–Trinajstić information content (AvgIpc) is 2.73. The van der Waals surface area contributed by atoms with Crippen molar-refractivity contribution in [2.45, 2.75) is 53.1 Å². The molecular formula is C19H28N4O. The van der Waals surface area contributed by atoms with Gasteiger partial charge in [-0.3, -0.25) is 9.48 Å². The van der Waals surface area contributed by atoms with Crippen molar-refractivity contribution in [3.8, 4) is 0 Å². The van der Waals surface area contributed by atoms with E-state index in [0.717, 1.165) is 23.4 Å². The molecule has 0 fully saturated rings. The Balaban J connectivity index is 2.03. The Hall–Kier alpha value is -2.14. The molecule has 1 heterocycles. The molecule has 0 saturated heterocycles. The van der Waals surface area contributed by atoms with E-state index in [2.05, 4.69) is 49.5 Å². The molecule has 0 spiro atoms. The fourth-order valence-corrected chi connectivity index (χ4v) is 3.09. The lowest BCUT2D eigenvalue weighted by atomic mass is 10.0. The molecule has 2 atom stereocenters. The molecule has 0 bridgehead atoms. The van der Waals surface area contributed by atoms with Crippen LogP contribution in [0.1, 0.15) is 49.3 Å². The molecule has 5 nitrogen and oxygen atoms in total. The summed E-state index contributed by atoms with van der Waals surface area (Å²) >= 11 is 0. The SMILES string of the molecule is CC(=O)Nc1cccc([C@@H](C)N[C@H](C)Cc2c(C)nn(C)c2C)c1. The number of rotatable bonds is 6. The summed E-state index contributed by atoms with van der Waals surface area (Å²) in [4.78, 5) is 11.2. The van der Waals surface area contributed by atoms with Crippen LogP contribution in [-0.2, 0) is 18.3 Å². The van der Waals surface area contributed by atoms with Crippen LogP contribution in [0, 0.1) is 13.8 Å². The second kappa shape index (κ2) is 7.62. The summed E-state index contributed by atoms with van der Waals surface area (Å²) < 4.78 is 1.94. The van der Waals surface area contributed by atoms with E-state index in [9.17, 15) is 4.79 Å². The average molecular weight is 328 g/mol. The van der Waals surface area contributed by atoms with Gasteiger partial charge in [0.2, 0.25) is 5.91 Å². The molecule has 1 aromatic carbocycles. The maximum atomic E-state index is 11.2. The van der Waals surface area contributed by atoms with Crippen molar-refractivity contribution in [1.82, 2.24) is 15.1 Å². The van der Waals surface area contributed by atoms with Crippen LogP contribution in [0.15, 0.2) is 24.3 Å². The van der Waals surface area contributed by atoms with Crippen LogP contribution < -0.4 is 10.6 Å². The lowest BCUT2D eigenvalue weighted by Gasteiger charge is -2.21. The Bertz CT molecular complexity index is 720. The van der Waals surface area contributed by atoms with E-state index in [-0.39, 0.29) is 11.9 Å². The van der Waals surface area contributed by atoms with Gasteiger partial charge in [0.1, 0.15) is 0 Å². The van der Waals surface area contributed by atoms with E-state index in [4.69, 9.17) is 0 Å². The number of nitrogens with one attached hydrogen (secondary N) is 2. The van der Waals surface area contributed by atoms with Gasteiger partial charge in [0.15, 0.2) is 0 Å². The van der Waals surface area contributed by atoms with Gasteiger partial charge in [-0.25, -0.2) is 0 Å². The first-order valence-corrected chi connectivity index (χ1v) is 8.40. The maximum absolute atomic E-state index is 11.2. The van der Waals surface area contributed by atoms with Gasteiger partial charge >= 0.3 is 0 Å². The highest BCUT2D eigenvalue weighted by molar-refractivity contribution is 5.88. The molecule has 0 aliphatic rings. The summed E-state index contributed by atoms with van der Waals surface area (Å²) in [6.45, 7) is 10.0. The monoisotopic (exact) mass is 328 g/mol. The van der Waals surface area contributed by atoms with Gasteiger partial charge in [-0.1, -0.05) is 12.1 Å². The molecule has 0 saturated carbocycles. The second-order valence-electron chi connectivity index (χ2n) is 6.57. The number of carbonyl (C=O) groups is 1. The topological polar surface area (TPSA) is 59.0 Å². The lowest BCUT2D eigenvalue weighted by molar-refractivity contribution is -0.114. The zero-order valence-electron chi connectivity index (χ0n) is 15.5. The van der Waals surface area contributed by atoms with Crippen LogP contribution in [0.4, 0.5) is 5.69 Å². The largest absolute Gasteiger partial charge is 0.326 e. The van der Waals surface area contributed by atoms with Crippen molar-refractivity contribution in [2.75, 3.05) is 5.32 Å². The highest BCUT2D eigenvalue weighted by atomic mass is 16.1. The Labute approximate surface area is 144 Å². The standard InChI is InChI=1S/C19H28N4O/c1-12(10-19-14(3)22-23(6)15(19)4)20-13(2)17-8-7-9-18(11-17)21-16(5)24/h7-9,11-13,20H,10H2,1-6H3,(H,21,24)/t12-,13-/m1/s1. The number of anilines is 1. The van der Waals surface area contributed by atoms with Crippen LogP contribution in [-0.4, -0.2) is 21.7 Å². The minimum Gasteiger partial charge on any atom is -0.326 e. The summed E-state index contributed by atoms with van der Waals surface area (Å²) in [6, 6.07) is 8.50. The van der Waals surface area contributed by atoms with E-state index in [1.54, 1.807) is 0 Å². The molecule has 2 aromatic rings. The van der Waals surface area contributed by atoms with Crippen LogP contribution >= 0.6 is 0 Å². The molecule has 24 heavy (non-hydrogen) atoms. The molecule has 0 unspecified atom stereocenters. The lowest BCUT2D eigenvalue weighted by Crippen LogP contribution is -2.31. The first-order chi connectivity index (χ1) is 11.3. The van der Waals surface area contributed by atoms with Crippen LogP contribution in [0.5, 0.6) is 0 Å². The minimum atomic E-state index is -0.0522. The molecule has 5 heteroatoms. The Morgan fingerprint density at radius 3 is 2.58 bits per heavy atom. The summed E-state index contributed by atoms with van der Waals surface area (Å²) in [5.41, 5.74) is 5.63. The number of hydrogen-bond acceptors (Lipinski definition) is 3. The number of amides is 1. The predicted octanol–water partition coefficient (Wildman–Crippen LogP) is 3.28. The Morgan fingerprint density at radius 2 is 2.00 bits per heavy atom. The van der Waals surface area contributed by atoms with E-state index >= 15 is 0 Å². The molecule has 130 valence electrons. The van der Waals surface area contributed by atoms with E-state index < -0.39 is 0 Å². The van der Waals surface area contributed by atoms with Gasteiger partial charge in [0, 0.05) is 37.4 Å². The van der Waals surface area contributed by atoms with Gasteiger partial charge in [-0.05, 0) is 57.4 Å². The quantitative estimate of drug-likeness (QED) is 0.855. The highest BCUT2D eigenvalue weighted by Gasteiger charge is 2.15. The summed E-state index contributed by atoms with van der Waals surface area (Å²) in [7, 11) is 1.99. The molecule has 0 aliphatic carbocycles. The van der Waals surface area contributed by atoms with Crippen LogP contribution in [0.2, 0.25) is 0 Å². The third-order valence-corrected chi connectivity index (χ3v) is 4.41. The van der Waals surface area contributed by atoms with Gasteiger partial charge in [-0.2, -0.15) is 5.10 Å². The number of carbonyl (C=O) groups excluding carboxylic acids is 1. The molecule has 0 radical (unpaired) electrons. The van der Waals surface area contributed by atoms with E-state index in [0.29, 0.717) is 6.04 Å². The van der Waals surface area contributed by atoms with Gasteiger partial charge in [0.05, 0.1) is 5.69 Å². The number of benzene rings is 1. The third-order valence-electron chi connectivity index (χ3n) is 4.41. The normalized spacial score (nSPS) is 13.6. The number of hydrogen-bond donors (Lipinski definition) is 2. The predicted molar refractivity (Wildman–Crippen MR) is 98.1 cm³/mol. The van der Waals surface area contributed by atoms with Crippen molar-refractivity contribution in [3.05, 3.63) is 46.8 Å². The van der Waals surface area contributed by atoms with Gasteiger partial charge < -0.3 is 10.6 Å². The van der Waals surface area contributed by atoms with Crippen LogP contribution in [0.3, 0.4) is 0 Å². The molecule has 0 aliphatic heterocycles. The second-order valence-corrected chi connectivity index (χ2v) is 6.57. The van der Waals surface area contributed by atoms with E-state index in [1.165, 1.54) is 18.2 Å². The number of nitrogens with zero attached hydrogens (tertiary/aromatic N) is 2. The zero-order chi connectivity index (χ0) is 17.9. The maximum Gasteiger partial charge on any atom is 0.221 e. The highest BCUT2D eigenvalue weighted by Crippen LogP contribution is 2.20. The third kappa shape index (κ3) is 4.45. The van der Waals surface area contributed by atoms with Crippen molar-refractivity contribution in [2.24, 2.45) is 7.05 Å². The van der Waals surface area contributed by atoms with Crippen molar-refractivity contribution < 1.29 is 4.79 Å². The summed E-state index contributed by atoms with van der Waals surface area (Å²) in [5.74, 6) is -0.0522. The molecule has 1 aromatic heterocycles.